The molecule has 9 nitrogen and oxygen atoms in total. The molecule has 1 unspecified atom stereocenters. The number of nitrogens with one attached hydrogen (secondary N) is 4. The van der Waals surface area contributed by atoms with E-state index >= 15 is 0 Å². The van der Waals surface area contributed by atoms with Crippen molar-refractivity contribution in [1.82, 2.24) is 15.3 Å². The highest BCUT2D eigenvalue weighted by Crippen LogP contribution is 2.19. The maximum Gasteiger partial charge on any atom is 0.323 e. The Labute approximate surface area is 166 Å². The highest BCUT2D eigenvalue weighted by molar-refractivity contribution is 7.92. The number of ether oxygens (including phenoxy) is 1. The van der Waals surface area contributed by atoms with E-state index in [4.69, 9.17) is 4.74 Å². The first-order valence-corrected chi connectivity index (χ1v) is 10.6. The van der Waals surface area contributed by atoms with Crippen LogP contribution in [0.1, 0.15) is 23.2 Å². The molecule has 10 heteroatoms. The maximum atomic E-state index is 12.6. The van der Waals surface area contributed by atoms with Crippen molar-refractivity contribution >= 4 is 32.7 Å². The topological polar surface area (TPSA) is 133 Å². The van der Waals surface area contributed by atoms with Crippen molar-refractivity contribution in [3.8, 4) is 0 Å². The van der Waals surface area contributed by atoms with Crippen molar-refractivity contribution in [1.29, 1.82) is 0 Å². The fourth-order valence-corrected chi connectivity index (χ4v) is 4.28. The second-order valence-corrected chi connectivity index (χ2v) is 8.50. The number of carbonyl (C=O) groups excluding carboxylic acids is 1. The highest BCUT2D eigenvalue weighted by atomic mass is 32.2. The Morgan fingerprint density at radius 1 is 1.10 bits per heavy atom. The van der Waals surface area contributed by atoms with Gasteiger partial charge in [-0.05, 0) is 55.3 Å². The SMILES string of the molecule is O=C(NCC1CCCO1)c1ccc(NS(=O)(=O)c2ccc3[nH]c(=O)[nH]c3c2)cc1. The number of hydrogen-bond acceptors (Lipinski definition) is 5. The third-order valence-electron chi connectivity index (χ3n) is 4.71. The van der Waals surface area contributed by atoms with Gasteiger partial charge in [-0.25, -0.2) is 13.2 Å². The van der Waals surface area contributed by atoms with Crippen LogP contribution in [0.3, 0.4) is 0 Å². The third kappa shape index (κ3) is 4.33. The molecule has 152 valence electrons. The quantitative estimate of drug-likeness (QED) is 0.484. The van der Waals surface area contributed by atoms with Gasteiger partial charge >= 0.3 is 5.69 Å². The largest absolute Gasteiger partial charge is 0.376 e. The molecule has 0 bridgehead atoms. The minimum absolute atomic E-state index is 0.0126. The average Bonchev–Trinajstić information content (AvgIpc) is 3.34. The molecule has 1 atom stereocenters. The summed E-state index contributed by atoms with van der Waals surface area (Å²) < 4.78 is 33.2. The molecule has 1 saturated heterocycles. The van der Waals surface area contributed by atoms with Gasteiger partial charge in [-0.1, -0.05) is 0 Å². The predicted octanol–water partition coefficient (Wildman–Crippen LogP) is 1.57. The van der Waals surface area contributed by atoms with Crippen LogP contribution >= 0.6 is 0 Å². The minimum atomic E-state index is -3.85. The summed E-state index contributed by atoms with van der Waals surface area (Å²) in [6, 6.07) is 10.4. The lowest BCUT2D eigenvalue weighted by molar-refractivity contribution is 0.0858. The molecule has 0 radical (unpaired) electrons. The zero-order valence-electron chi connectivity index (χ0n) is 15.4. The molecule has 29 heavy (non-hydrogen) atoms. The van der Waals surface area contributed by atoms with E-state index in [1.165, 1.54) is 30.3 Å². The molecule has 1 aromatic heterocycles. The maximum absolute atomic E-state index is 12.6. The van der Waals surface area contributed by atoms with E-state index in [1.807, 2.05) is 0 Å². The van der Waals surface area contributed by atoms with Crippen LogP contribution in [0.15, 0.2) is 52.2 Å². The van der Waals surface area contributed by atoms with Gasteiger partial charge in [0.15, 0.2) is 0 Å². The first-order chi connectivity index (χ1) is 13.9. The molecular weight excluding hydrogens is 396 g/mol. The average molecular weight is 416 g/mol. The Balaban J connectivity index is 1.43. The van der Waals surface area contributed by atoms with Crippen molar-refractivity contribution < 1.29 is 17.9 Å². The van der Waals surface area contributed by atoms with Gasteiger partial charge in [0.25, 0.3) is 15.9 Å². The Hall–Kier alpha value is -3.11. The fraction of sp³-hybridized carbons (Fsp3) is 0.263. The number of rotatable bonds is 6. The first-order valence-electron chi connectivity index (χ1n) is 9.15. The second kappa shape index (κ2) is 7.72. The summed E-state index contributed by atoms with van der Waals surface area (Å²) in [6.07, 6.45) is 1.99. The minimum Gasteiger partial charge on any atom is -0.376 e. The van der Waals surface area contributed by atoms with Crippen LogP contribution in [0.25, 0.3) is 11.0 Å². The molecule has 1 aliphatic rings. The molecule has 2 heterocycles. The molecule has 1 amide bonds. The van der Waals surface area contributed by atoms with Crippen LogP contribution in [0.5, 0.6) is 0 Å². The van der Waals surface area contributed by atoms with Crippen LogP contribution < -0.4 is 15.7 Å². The van der Waals surface area contributed by atoms with Crippen molar-refractivity contribution in [2.75, 3.05) is 17.9 Å². The summed E-state index contributed by atoms with van der Waals surface area (Å²) in [6.45, 7) is 1.18. The summed E-state index contributed by atoms with van der Waals surface area (Å²) in [4.78, 5) is 28.6. The fourth-order valence-electron chi connectivity index (χ4n) is 3.20. The lowest BCUT2D eigenvalue weighted by Gasteiger charge is -2.11. The lowest BCUT2D eigenvalue weighted by atomic mass is 10.2. The number of anilines is 1. The molecule has 0 saturated carbocycles. The van der Waals surface area contributed by atoms with Gasteiger partial charge in [0.2, 0.25) is 0 Å². The van der Waals surface area contributed by atoms with Gasteiger partial charge < -0.3 is 20.0 Å². The van der Waals surface area contributed by atoms with Gasteiger partial charge in [0, 0.05) is 24.4 Å². The van der Waals surface area contributed by atoms with Crippen molar-refractivity contribution in [3.63, 3.8) is 0 Å². The molecule has 4 N–H and O–H groups in total. The van der Waals surface area contributed by atoms with Gasteiger partial charge in [-0.3, -0.25) is 9.52 Å². The van der Waals surface area contributed by atoms with E-state index < -0.39 is 15.7 Å². The monoisotopic (exact) mass is 416 g/mol. The van der Waals surface area contributed by atoms with Gasteiger partial charge in [-0.15, -0.1) is 0 Å². The van der Waals surface area contributed by atoms with Crippen LogP contribution in [0.2, 0.25) is 0 Å². The number of aromatic amines is 2. The number of aromatic nitrogens is 2. The standard InChI is InChI=1S/C19H20N4O5S/c24-18(20-11-14-2-1-9-28-14)12-3-5-13(6-4-12)23-29(26,27)15-7-8-16-17(10-15)22-19(25)21-16/h3-8,10,14,23H,1-2,9,11H2,(H,20,24)(H2,21,22,25). The summed E-state index contributed by atoms with van der Waals surface area (Å²) in [5, 5.41) is 2.82. The number of carbonyl (C=O) groups is 1. The van der Waals surface area contributed by atoms with Crippen LogP contribution in [-0.2, 0) is 14.8 Å². The highest BCUT2D eigenvalue weighted by Gasteiger charge is 2.18. The Kier molecular flexibility index (Phi) is 5.12. The zero-order chi connectivity index (χ0) is 20.4. The summed E-state index contributed by atoms with van der Waals surface area (Å²) in [5.74, 6) is -0.239. The smallest absolute Gasteiger partial charge is 0.323 e. The van der Waals surface area contributed by atoms with Crippen molar-refractivity contribution in [2.45, 2.75) is 23.8 Å². The Bertz CT molecular complexity index is 1190. The van der Waals surface area contributed by atoms with Gasteiger partial charge in [-0.2, -0.15) is 0 Å². The number of imidazole rings is 1. The van der Waals surface area contributed by atoms with E-state index in [0.29, 0.717) is 28.8 Å². The second-order valence-electron chi connectivity index (χ2n) is 6.81. The number of benzene rings is 2. The Morgan fingerprint density at radius 3 is 2.59 bits per heavy atom. The first kappa shape index (κ1) is 19.2. The van der Waals surface area contributed by atoms with Crippen LogP contribution in [0.4, 0.5) is 5.69 Å². The summed E-state index contributed by atoms with van der Waals surface area (Å²) >= 11 is 0. The van der Waals surface area contributed by atoms with E-state index in [1.54, 1.807) is 12.1 Å². The predicted molar refractivity (Wildman–Crippen MR) is 107 cm³/mol. The molecule has 1 aliphatic heterocycles. The molecule has 0 spiro atoms. The van der Waals surface area contributed by atoms with E-state index in [0.717, 1.165) is 19.4 Å². The number of H-pyrrole nitrogens is 2. The number of sulfonamides is 1. The zero-order valence-corrected chi connectivity index (χ0v) is 16.2. The lowest BCUT2D eigenvalue weighted by Crippen LogP contribution is -2.31. The number of fused-ring (bicyclic) bond motifs is 1. The molecule has 3 aromatic rings. The van der Waals surface area contributed by atoms with Crippen molar-refractivity contribution in [2.24, 2.45) is 0 Å². The third-order valence-corrected chi connectivity index (χ3v) is 6.09. The van der Waals surface area contributed by atoms with Crippen molar-refractivity contribution in [3.05, 3.63) is 58.5 Å². The van der Waals surface area contributed by atoms with E-state index in [2.05, 4.69) is 20.0 Å². The molecule has 1 fully saturated rings. The van der Waals surface area contributed by atoms with E-state index in [9.17, 15) is 18.0 Å². The van der Waals surface area contributed by atoms with Gasteiger partial charge in [0.05, 0.1) is 22.0 Å². The van der Waals surface area contributed by atoms with Crippen LogP contribution in [-0.4, -0.2) is 43.5 Å². The molecule has 4 rings (SSSR count). The Morgan fingerprint density at radius 2 is 1.86 bits per heavy atom. The number of amides is 1. The normalized spacial score (nSPS) is 16.8. The van der Waals surface area contributed by atoms with Gasteiger partial charge in [0.1, 0.15) is 0 Å². The molecule has 2 aromatic carbocycles. The molecular formula is C19H20N4O5S. The summed E-state index contributed by atoms with van der Waals surface area (Å²) in [7, 11) is -3.85. The number of hydrogen-bond donors (Lipinski definition) is 4. The summed E-state index contributed by atoms with van der Waals surface area (Å²) in [5.41, 5.74) is 1.26. The molecule has 0 aliphatic carbocycles. The van der Waals surface area contributed by atoms with Crippen LogP contribution in [0, 0.1) is 0 Å². The van der Waals surface area contributed by atoms with E-state index in [-0.39, 0.29) is 16.9 Å².